The first-order valence-electron chi connectivity index (χ1n) is 7.71. The monoisotopic (exact) mass is 296 g/mol. The molecule has 0 aliphatic carbocycles. The van der Waals surface area contributed by atoms with Crippen LogP contribution in [0.3, 0.4) is 0 Å². The molecule has 5 heteroatoms. The Labute approximate surface area is 129 Å². The second kappa shape index (κ2) is 10.2. The van der Waals surface area contributed by atoms with E-state index < -0.39 is 0 Å². The summed E-state index contributed by atoms with van der Waals surface area (Å²) in [5.74, 6) is 0.939. The number of guanidine groups is 1. The van der Waals surface area contributed by atoms with E-state index in [1.54, 1.807) is 0 Å². The van der Waals surface area contributed by atoms with Gasteiger partial charge in [-0.1, -0.05) is 26.8 Å². The number of allylic oxidation sites excluding steroid dienone is 1. The van der Waals surface area contributed by atoms with Crippen LogP contribution in [0, 0.1) is 5.41 Å². The fourth-order valence-corrected chi connectivity index (χ4v) is 1.64. The van der Waals surface area contributed by atoms with Crippen molar-refractivity contribution in [1.29, 1.82) is 0 Å². The van der Waals surface area contributed by atoms with Gasteiger partial charge < -0.3 is 15.5 Å². The number of carbonyl (C=O) groups is 1. The fraction of sp³-hybridized carbons (Fsp3) is 0.750. The average Bonchev–Trinajstić information content (AvgIpc) is 2.41. The highest BCUT2D eigenvalue weighted by molar-refractivity contribution is 5.81. The molecule has 2 N–H and O–H groups in total. The van der Waals surface area contributed by atoms with Gasteiger partial charge in [0, 0.05) is 32.1 Å². The molecule has 0 aliphatic heterocycles. The number of nitrogens with zero attached hydrogens (tertiary/aromatic N) is 2. The Morgan fingerprint density at radius 3 is 2.52 bits per heavy atom. The molecule has 0 spiro atoms. The van der Waals surface area contributed by atoms with Gasteiger partial charge in [-0.2, -0.15) is 0 Å². The van der Waals surface area contributed by atoms with Gasteiger partial charge in [0.2, 0.25) is 5.91 Å². The second-order valence-electron chi connectivity index (χ2n) is 6.09. The van der Waals surface area contributed by atoms with Gasteiger partial charge in [0.15, 0.2) is 5.96 Å². The maximum absolute atomic E-state index is 11.7. The van der Waals surface area contributed by atoms with E-state index in [1.807, 2.05) is 33.9 Å². The average molecular weight is 296 g/mol. The predicted octanol–water partition coefficient (Wildman–Crippen LogP) is 2.01. The van der Waals surface area contributed by atoms with Crippen LogP contribution in [0.15, 0.2) is 17.6 Å². The van der Waals surface area contributed by atoms with Gasteiger partial charge in [0.25, 0.3) is 0 Å². The van der Waals surface area contributed by atoms with Crippen molar-refractivity contribution in [3.63, 3.8) is 0 Å². The van der Waals surface area contributed by atoms with Crippen molar-refractivity contribution in [2.45, 2.75) is 40.5 Å². The summed E-state index contributed by atoms with van der Waals surface area (Å²) in [5, 5.41) is 6.17. The lowest BCUT2D eigenvalue weighted by molar-refractivity contribution is -0.128. The van der Waals surface area contributed by atoms with E-state index in [0.717, 1.165) is 31.9 Å². The minimum Gasteiger partial charge on any atom is -0.357 e. The van der Waals surface area contributed by atoms with Gasteiger partial charge in [-0.05, 0) is 19.8 Å². The molecule has 122 valence electrons. The van der Waals surface area contributed by atoms with Gasteiger partial charge in [-0.3, -0.25) is 9.79 Å². The number of carbonyl (C=O) groups excluding carboxylic acids is 1. The summed E-state index contributed by atoms with van der Waals surface area (Å²) in [7, 11) is 2.03. The van der Waals surface area contributed by atoms with Crippen LogP contribution in [0.2, 0.25) is 0 Å². The van der Waals surface area contributed by atoms with Crippen LogP contribution in [-0.4, -0.2) is 50.0 Å². The van der Waals surface area contributed by atoms with Crippen LogP contribution < -0.4 is 10.6 Å². The third-order valence-corrected chi connectivity index (χ3v) is 2.94. The highest BCUT2D eigenvalue weighted by Gasteiger charge is 2.20. The molecule has 0 saturated heterocycles. The van der Waals surface area contributed by atoms with Gasteiger partial charge in [-0.25, -0.2) is 0 Å². The third-order valence-electron chi connectivity index (χ3n) is 2.94. The lowest BCUT2D eigenvalue weighted by atomic mass is 9.96. The largest absolute Gasteiger partial charge is 0.357 e. The molecule has 0 aliphatic rings. The standard InChI is InChI=1S/C16H32N4O/c1-7-9-10-13-20(6)15(17-8-2)19-12-11-18-14(21)16(3,4)5/h7H,1,8-13H2,2-6H3,(H,17,19)(H,18,21). The van der Waals surface area contributed by atoms with Crippen LogP contribution >= 0.6 is 0 Å². The molecule has 0 rings (SSSR count). The van der Waals surface area contributed by atoms with Crippen molar-refractivity contribution in [3.05, 3.63) is 12.7 Å². The van der Waals surface area contributed by atoms with Gasteiger partial charge in [-0.15, -0.1) is 6.58 Å². The van der Waals surface area contributed by atoms with Crippen molar-refractivity contribution in [3.8, 4) is 0 Å². The second-order valence-corrected chi connectivity index (χ2v) is 6.09. The Kier molecular flexibility index (Phi) is 9.50. The van der Waals surface area contributed by atoms with Crippen molar-refractivity contribution < 1.29 is 4.79 Å². The number of hydrogen-bond acceptors (Lipinski definition) is 2. The predicted molar refractivity (Wildman–Crippen MR) is 90.5 cm³/mol. The van der Waals surface area contributed by atoms with Crippen LogP contribution in [0.25, 0.3) is 0 Å². The van der Waals surface area contributed by atoms with Gasteiger partial charge in [0.05, 0.1) is 6.54 Å². The van der Waals surface area contributed by atoms with Crippen molar-refractivity contribution >= 4 is 11.9 Å². The number of amides is 1. The lowest BCUT2D eigenvalue weighted by Crippen LogP contribution is -2.40. The highest BCUT2D eigenvalue weighted by atomic mass is 16.2. The van der Waals surface area contributed by atoms with E-state index in [-0.39, 0.29) is 11.3 Å². The van der Waals surface area contributed by atoms with E-state index in [9.17, 15) is 4.79 Å². The molecule has 0 radical (unpaired) electrons. The van der Waals surface area contributed by atoms with E-state index >= 15 is 0 Å². The molecule has 5 nitrogen and oxygen atoms in total. The molecular formula is C16H32N4O. The Balaban J connectivity index is 4.26. The van der Waals surface area contributed by atoms with Crippen LogP contribution in [-0.2, 0) is 4.79 Å². The summed E-state index contributed by atoms with van der Waals surface area (Å²) in [6, 6.07) is 0. The summed E-state index contributed by atoms with van der Waals surface area (Å²) >= 11 is 0. The molecule has 0 bridgehead atoms. The Morgan fingerprint density at radius 1 is 1.33 bits per heavy atom. The zero-order chi connectivity index (χ0) is 16.3. The molecule has 0 saturated carbocycles. The number of rotatable bonds is 8. The normalized spacial score (nSPS) is 12.0. The van der Waals surface area contributed by atoms with Crippen molar-refractivity contribution in [2.75, 3.05) is 33.2 Å². The quantitative estimate of drug-likeness (QED) is 0.312. The lowest BCUT2D eigenvalue weighted by Gasteiger charge is -2.22. The van der Waals surface area contributed by atoms with E-state index in [2.05, 4.69) is 34.0 Å². The fourth-order valence-electron chi connectivity index (χ4n) is 1.64. The summed E-state index contributed by atoms with van der Waals surface area (Å²) in [4.78, 5) is 18.4. The number of unbranched alkanes of at least 4 members (excludes halogenated alkanes) is 1. The topological polar surface area (TPSA) is 56.7 Å². The Morgan fingerprint density at radius 2 is 2.00 bits per heavy atom. The molecule has 0 aromatic carbocycles. The first kappa shape index (κ1) is 19.5. The molecule has 21 heavy (non-hydrogen) atoms. The molecular weight excluding hydrogens is 264 g/mol. The summed E-state index contributed by atoms with van der Waals surface area (Å²) < 4.78 is 0. The summed E-state index contributed by atoms with van der Waals surface area (Å²) in [6.45, 7) is 14.4. The Bertz CT molecular complexity index is 345. The molecule has 0 unspecified atom stereocenters. The molecule has 0 aromatic heterocycles. The maximum atomic E-state index is 11.7. The van der Waals surface area contributed by atoms with Gasteiger partial charge >= 0.3 is 0 Å². The highest BCUT2D eigenvalue weighted by Crippen LogP contribution is 2.11. The number of aliphatic imine (C=N–C) groups is 1. The summed E-state index contributed by atoms with van der Waals surface area (Å²) in [5.41, 5.74) is -0.351. The van der Waals surface area contributed by atoms with E-state index in [1.165, 1.54) is 0 Å². The minimum atomic E-state index is -0.351. The molecule has 0 aromatic rings. The first-order chi connectivity index (χ1) is 9.82. The van der Waals surface area contributed by atoms with Crippen molar-refractivity contribution in [2.24, 2.45) is 10.4 Å². The molecule has 0 heterocycles. The van der Waals surface area contributed by atoms with E-state index in [4.69, 9.17) is 0 Å². The maximum Gasteiger partial charge on any atom is 0.225 e. The molecule has 0 atom stereocenters. The SMILES string of the molecule is C=CCCCN(C)C(=NCCNC(=O)C(C)(C)C)NCC. The molecule has 0 fully saturated rings. The Hall–Kier alpha value is -1.52. The first-order valence-corrected chi connectivity index (χ1v) is 7.71. The van der Waals surface area contributed by atoms with Crippen molar-refractivity contribution in [1.82, 2.24) is 15.5 Å². The smallest absolute Gasteiger partial charge is 0.225 e. The summed E-state index contributed by atoms with van der Waals surface area (Å²) in [6.07, 6.45) is 4.00. The van der Waals surface area contributed by atoms with Crippen LogP contribution in [0.4, 0.5) is 0 Å². The van der Waals surface area contributed by atoms with Crippen LogP contribution in [0.5, 0.6) is 0 Å². The zero-order valence-corrected chi connectivity index (χ0v) is 14.3. The van der Waals surface area contributed by atoms with Gasteiger partial charge in [0.1, 0.15) is 0 Å². The number of nitrogens with one attached hydrogen (secondary N) is 2. The third kappa shape index (κ3) is 9.10. The number of hydrogen-bond donors (Lipinski definition) is 2. The molecule has 1 amide bonds. The van der Waals surface area contributed by atoms with Crippen LogP contribution in [0.1, 0.15) is 40.5 Å². The zero-order valence-electron chi connectivity index (χ0n) is 14.3. The van der Waals surface area contributed by atoms with E-state index in [0.29, 0.717) is 13.1 Å². The minimum absolute atomic E-state index is 0.0574.